The summed E-state index contributed by atoms with van der Waals surface area (Å²) in [6.07, 6.45) is 5.40. The molecule has 0 aliphatic carbocycles. The third-order valence-corrected chi connectivity index (χ3v) is 2.86. The van der Waals surface area contributed by atoms with Gasteiger partial charge in [-0.05, 0) is 12.5 Å². The highest BCUT2D eigenvalue weighted by atomic mass is 127. The molecule has 102 valence electrons. The second kappa shape index (κ2) is 7.28. The topological polar surface area (TPSA) is 29.1 Å². The fourth-order valence-corrected chi connectivity index (χ4v) is 1.85. The van der Waals surface area contributed by atoms with Crippen LogP contribution in [0.4, 0.5) is 4.79 Å². The van der Waals surface area contributed by atoms with Gasteiger partial charge in [-0.25, -0.2) is 9.36 Å². The molecule has 2 rings (SSSR count). The minimum absolute atomic E-state index is 0. The van der Waals surface area contributed by atoms with Gasteiger partial charge in [0, 0.05) is 13.1 Å². The molecule has 1 aromatic carbocycles. The van der Waals surface area contributed by atoms with Crippen LogP contribution in [0.15, 0.2) is 49.1 Å². The van der Waals surface area contributed by atoms with Crippen molar-refractivity contribution in [3.63, 3.8) is 0 Å². The fraction of sp³-hybridized carbons (Fsp3) is 0.286. The van der Waals surface area contributed by atoms with E-state index >= 15 is 0 Å². The lowest BCUT2D eigenvalue weighted by atomic mass is 10.2. The van der Waals surface area contributed by atoms with Crippen molar-refractivity contribution in [2.75, 3.05) is 6.54 Å². The zero-order valence-corrected chi connectivity index (χ0v) is 13.3. The van der Waals surface area contributed by atoms with Crippen LogP contribution in [-0.4, -0.2) is 22.0 Å². The third-order valence-electron chi connectivity index (χ3n) is 2.86. The molecule has 4 nitrogen and oxygen atoms in total. The van der Waals surface area contributed by atoms with E-state index < -0.39 is 0 Å². The predicted molar refractivity (Wildman–Crippen MR) is 68.9 cm³/mol. The molecule has 2 aromatic rings. The standard InChI is InChI=1S/C14H18N3O.HI/c1-3-16(11-13-7-5-4-6-8-13)14(18)17-10-9-15(2)12-17;/h4-10,12H,3,11H2,1-2H3;1H/q+1;/p-1. The Hall–Kier alpha value is -1.37. The van der Waals surface area contributed by atoms with Crippen LogP contribution >= 0.6 is 0 Å². The number of carbonyl (C=O) groups is 1. The lowest BCUT2D eigenvalue weighted by Gasteiger charge is -2.17. The van der Waals surface area contributed by atoms with Gasteiger partial charge in [-0.2, -0.15) is 4.57 Å². The van der Waals surface area contributed by atoms with E-state index in [9.17, 15) is 4.79 Å². The second-order valence-electron chi connectivity index (χ2n) is 4.27. The molecule has 1 aromatic heterocycles. The van der Waals surface area contributed by atoms with Crippen molar-refractivity contribution in [2.45, 2.75) is 13.5 Å². The summed E-state index contributed by atoms with van der Waals surface area (Å²) < 4.78 is 3.46. The molecule has 19 heavy (non-hydrogen) atoms. The van der Waals surface area contributed by atoms with E-state index in [1.807, 2.05) is 60.0 Å². The number of halogens is 1. The molecule has 0 spiro atoms. The average molecular weight is 371 g/mol. The molecule has 0 radical (unpaired) electrons. The van der Waals surface area contributed by atoms with Crippen molar-refractivity contribution < 1.29 is 33.3 Å². The maximum atomic E-state index is 12.3. The first-order valence-electron chi connectivity index (χ1n) is 6.07. The van der Waals surface area contributed by atoms with Gasteiger partial charge in [-0.1, -0.05) is 30.3 Å². The Morgan fingerprint density at radius 2 is 2.00 bits per heavy atom. The molecule has 1 amide bonds. The van der Waals surface area contributed by atoms with Gasteiger partial charge in [0.05, 0.1) is 7.05 Å². The number of rotatable bonds is 3. The predicted octanol–water partition coefficient (Wildman–Crippen LogP) is -1.19. The summed E-state index contributed by atoms with van der Waals surface area (Å²) in [5, 5.41) is 0. The second-order valence-corrected chi connectivity index (χ2v) is 4.27. The van der Waals surface area contributed by atoms with Crippen molar-refractivity contribution in [2.24, 2.45) is 7.05 Å². The van der Waals surface area contributed by atoms with Crippen LogP contribution in [0, 0.1) is 0 Å². The number of carbonyl (C=O) groups excluding carboxylic acids is 1. The molecule has 0 unspecified atom stereocenters. The molecule has 0 saturated carbocycles. The molecule has 5 heteroatoms. The molecule has 0 N–H and O–H groups in total. The average Bonchev–Trinajstić information content (AvgIpc) is 2.83. The Morgan fingerprint density at radius 1 is 1.32 bits per heavy atom. The molecule has 0 bridgehead atoms. The lowest BCUT2D eigenvalue weighted by molar-refractivity contribution is -0.670. The van der Waals surface area contributed by atoms with Gasteiger partial charge in [0.25, 0.3) is 6.33 Å². The number of aryl methyl sites for hydroxylation is 1. The van der Waals surface area contributed by atoms with Gasteiger partial charge < -0.3 is 28.9 Å². The van der Waals surface area contributed by atoms with E-state index in [0.717, 1.165) is 5.56 Å². The van der Waals surface area contributed by atoms with Crippen molar-refractivity contribution in [1.82, 2.24) is 9.47 Å². The first-order chi connectivity index (χ1) is 8.70. The first-order valence-corrected chi connectivity index (χ1v) is 6.07. The number of nitrogens with zero attached hydrogens (tertiary/aromatic N) is 3. The van der Waals surface area contributed by atoms with E-state index in [0.29, 0.717) is 13.1 Å². The third kappa shape index (κ3) is 4.05. The first kappa shape index (κ1) is 15.7. The van der Waals surface area contributed by atoms with E-state index in [2.05, 4.69) is 0 Å². The SMILES string of the molecule is CCN(Cc1ccccc1)C(=O)n1cc[n+](C)c1.[I-]. The van der Waals surface area contributed by atoms with Gasteiger partial charge in [0.1, 0.15) is 12.4 Å². The van der Waals surface area contributed by atoms with E-state index in [-0.39, 0.29) is 30.0 Å². The van der Waals surface area contributed by atoms with Crippen LogP contribution in [0.5, 0.6) is 0 Å². The quantitative estimate of drug-likeness (QED) is 0.493. The minimum Gasteiger partial charge on any atom is -1.00 e. The molecule has 0 aliphatic rings. The number of imidazole rings is 1. The number of aromatic nitrogens is 2. The molecule has 0 aliphatic heterocycles. The van der Waals surface area contributed by atoms with Crippen LogP contribution in [0.3, 0.4) is 0 Å². The van der Waals surface area contributed by atoms with Crippen LogP contribution in [-0.2, 0) is 13.6 Å². The minimum atomic E-state index is 0. The summed E-state index contributed by atoms with van der Waals surface area (Å²) in [5.74, 6) is 0. The number of amides is 1. The van der Waals surface area contributed by atoms with Crippen molar-refractivity contribution in [3.05, 3.63) is 54.6 Å². The highest BCUT2D eigenvalue weighted by molar-refractivity contribution is 5.76. The van der Waals surface area contributed by atoms with Crippen LogP contribution in [0.2, 0.25) is 0 Å². The maximum absolute atomic E-state index is 12.3. The molecule has 1 heterocycles. The Kier molecular flexibility index (Phi) is 6.01. The Morgan fingerprint density at radius 3 is 2.53 bits per heavy atom. The summed E-state index contributed by atoms with van der Waals surface area (Å²) in [6.45, 7) is 3.32. The van der Waals surface area contributed by atoms with E-state index in [1.54, 1.807) is 17.1 Å². The highest BCUT2D eigenvalue weighted by Crippen LogP contribution is 2.06. The monoisotopic (exact) mass is 371 g/mol. The van der Waals surface area contributed by atoms with E-state index in [1.165, 1.54) is 0 Å². The largest absolute Gasteiger partial charge is 1.00 e. The number of hydrogen-bond acceptors (Lipinski definition) is 1. The maximum Gasteiger partial charge on any atom is 0.416 e. The van der Waals surface area contributed by atoms with Gasteiger partial charge in [-0.15, -0.1) is 0 Å². The van der Waals surface area contributed by atoms with Gasteiger partial charge in [0.15, 0.2) is 0 Å². The summed E-state index contributed by atoms with van der Waals surface area (Å²) in [5.41, 5.74) is 1.14. The van der Waals surface area contributed by atoms with Crippen molar-refractivity contribution >= 4 is 6.03 Å². The van der Waals surface area contributed by atoms with Crippen molar-refractivity contribution in [1.29, 1.82) is 0 Å². The van der Waals surface area contributed by atoms with Crippen LogP contribution < -0.4 is 28.5 Å². The van der Waals surface area contributed by atoms with Crippen LogP contribution in [0.25, 0.3) is 0 Å². The van der Waals surface area contributed by atoms with E-state index in [4.69, 9.17) is 0 Å². The molecular weight excluding hydrogens is 353 g/mol. The van der Waals surface area contributed by atoms with Crippen molar-refractivity contribution in [3.8, 4) is 0 Å². The molecular formula is C14H18IN3O. The lowest BCUT2D eigenvalue weighted by Crippen LogP contribution is -3.00. The Balaban J connectivity index is 0.00000180. The smallest absolute Gasteiger partial charge is 0.416 e. The highest BCUT2D eigenvalue weighted by Gasteiger charge is 2.19. The summed E-state index contributed by atoms with van der Waals surface area (Å²) in [6, 6.07) is 10.0. The van der Waals surface area contributed by atoms with Gasteiger partial charge in [0.2, 0.25) is 0 Å². The van der Waals surface area contributed by atoms with Gasteiger partial charge >= 0.3 is 6.03 Å². The summed E-state index contributed by atoms with van der Waals surface area (Å²) in [4.78, 5) is 14.1. The zero-order chi connectivity index (χ0) is 13.0. The van der Waals surface area contributed by atoms with Gasteiger partial charge in [-0.3, -0.25) is 0 Å². The molecule has 0 fully saturated rings. The zero-order valence-electron chi connectivity index (χ0n) is 11.2. The Bertz CT molecular complexity index is 524. The number of benzene rings is 1. The normalized spacial score (nSPS) is 9.79. The molecule has 0 saturated heterocycles. The molecule has 0 atom stereocenters. The number of hydrogen-bond donors (Lipinski definition) is 0. The van der Waals surface area contributed by atoms with Crippen LogP contribution in [0.1, 0.15) is 12.5 Å². The summed E-state index contributed by atoms with van der Waals surface area (Å²) >= 11 is 0. The fourth-order valence-electron chi connectivity index (χ4n) is 1.85. The summed E-state index contributed by atoms with van der Waals surface area (Å²) in [7, 11) is 1.90. The Labute approximate surface area is 130 Å².